The molecule has 0 saturated heterocycles. The van der Waals surface area contributed by atoms with Gasteiger partial charge in [-0.15, -0.1) is 0 Å². The highest BCUT2D eigenvalue weighted by Crippen LogP contribution is 2.29. The van der Waals surface area contributed by atoms with Gasteiger partial charge in [-0.3, -0.25) is 0 Å². The molecular weight excluding hydrogens is 244 g/mol. The Morgan fingerprint density at radius 1 is 0.895 bits per heavy atom. The summed E-state index contributed by atoms with van der Waals surface area (Å²) in [4.78, 5) is 0. The normalized spacial score (nSPS) is 10.8. The minimum Gasteiger partial charge on any atom is -0.316 e. The number of nitrogens with one attached hydrogen (secondary N) is 1. The number of benzene rings is 2. The number of rotatable bonds is 3. The Labute approximate surface area is 112 Å². The zero-order valence-corrected chi connectivity index (χ0v) is 11.3. The van der Waals surface area contributed by atoms with Gasteiger partial charge in [0.15, 0.2) is 11.6 Å². The van der Waals surface area contributed by atoms with Crippen LogP contribution < -0.4 is 5.32 Å². The average molecular weight is 261 g/mol. The van der Waals surface area contributed by atoms with Gasteiger partial charge in [0.05, 0.1) is 0 Å². The van der Waals surface area contributed by atoms with E-state index in [1.165, 1.54) is 0 Å². The molecule has 1 N–H and O–H groups in total. The Morgan fingerprint density at radius 3 is 2.26 bits per heavy atom. The van der Waals surface area contributed by atoms with Crippen molar-refractivity contribution in [1.29, 1.82) is 0 Å². The van der Waals surface area contributed by atoms with Crippen LogP contribution in [0.25, 0.3) is 11.1 Å². The van der Waals surface area contributed by atoms with Crippen LogP contribution in [0.4, 0.5) is 8.78 Å². The van der Waals surface area contributed by atoms with Crippen molar-refractivity contribution in [2.45, 2.75) is 20.4 Å². The lowest BCUT2D eigenvalue weighted by molar-refractivity contribution is 0.505. The minimum atomic E-state index is -0.773. The summed E-state index contributed by atoms with van der Waals surface area (Å²) in [5.41, 5.74) is 3.36. The SMILES string of the molecule is CNCc1ccc(C)c(-c2ccc(C)c(F)c2F)c1. The van der Waals surface area contributed by atoms with Gasteiger partial charge in [0.2, 0.25) is 0 Å². The lowest BCUT2D eigenvalue weighted by atomic mass is 9.96. The molecule has 100 valence electrons. The van der Waals surface area contributed by atoms with Gasteiger partial charge in [0.25, 0.3) is 0 Å². The summed E-state index contributed by atoms with van der Waals surface area (Å²) >= 11 is 0. The predicted molar refractivity (Wildman–Crippen MR) is 74.0 cm³/mol. The van der Waals surface area contributed by atoms with Crippen LogP contribution in [0.5, 0.6) is 0 Å². The molecule has 0 heterocycles. The molecule has 2 rings (SSSR count). The van der Waals surface area contributed by atoms with E-state index in [0.717, 1.165) is 16.7 Å². The van der Waals surface area contributed by atoms with E-state index in [-0.39, 0.29) is 0 Å². The molecule has 0 aliphatic rings. The molecule has 1 nitrogen and oxygen atoms in total. The van der Waals surface area contributed by atoms with Crippen molar-refractivity contribution in [2.75, 3.05) is 7.05 Å². The molecule has 0 aliphatic heterocycles. The Bertz CT molecular complexity index is 606. The van der Waals surface area contributed by atoms with E-state index in [1.54, 1.807) is 19.1 Å². The maximum Gasteiger partial charge on any atom is 0.166 e. The van der Waals surface area contributed by atoms with E-state index < -0.39 is 11.6 Å². The zero-order chi connectivity index (χ0) is 14.0. The third-order valence-electron chi connectivity index (χ3n) is 3.25. The average Bonchev–Trinajstić information content (AvgIpc) is 2.39. The highest BCUT2D eigenvalue weighted by atomic mass is 19.2. The molecule has 0 unspecified atom stereocenters. The van der Waals surface area contributed by atoms with Crippen molar-refractivity contribution in [3.63, 3.8) is 0 Å². The number of aryl methyl sites for hydroxylation is 2. The Balaban J connectivity index is 2.58. The van der Waals surface area contributed by atoms with Gasteiger partial charge >= 0.3 is 0 Å². The van der Waals surface area contributed by atoms with Crippen LogP contribution in [0, 0.1) is 25.5 Å². The predicted octanol–water partition coefficient (Wildman–Crippen LogP) is 3.97. The van der Waals surface area contributed by atoms with Gasteiger partial charge in [-0.05, 0) is 49.2 Å². The van der Waals surface area contributed by atoms with Crippen molar-refractivity contribution >= 4 is 0 Å². The summed E-state index contributed by atoms with van der Waals surface area (Å²) in [6.07, 6.45) is 0. The summed E-state index contributed by atoms with van der Waals surface area (Å²) in [5.74, 6) is -1.54. The fourth-order valence-electron chi connectivity index (χ4n) is 2.13. The number of hydrogen-bond acceptors (Lipinski definition) is 1. The first-order valence-electron chi connectivity index (χ1n) is 6.23. The van der Waals surface area contributed by atoms with Crippen molar-refractivity contribution in [1.82, 2.24) is 5.32 Å². The van der Waals surface area contributed by atoms with Gasteiger partial charge in [0.1, 0.15) is 0 Å². The van der Waals surface area contributed by atoms with Crippen LogP contribution in [0.2, 0.25) is 0 Å². The topological polar surface area (TPSA) is 12.0 Å². The monoisotopic (exact) mass is 261 g/mol. The lowest BCUT2D eigenvalue weighted by Crippen LogP contribution is -2.05. The van der Waals surface area contributed by atoms with Crippen LogP contribution in [0.1, 0.15) is 16.7 Å². The summed E-state index contributed by atoms with van der Waals surface area (Å²) < 4.78 is 27.7. The van der Waals surface area contributed by atoms with Crippen LogP contribution in [0.3, 0.4) is 0 Å². The summed E-state index contributed by atoms with van der Waals surface area (Å²) in [7, 11) is 1.85. The molecule has 19 heavy (non-hydrogen) atoms. The molecule has 0 saturated carbocycles. The van der Waals surface area contributed by atoms with E-state index in [4.69, 9.17) is 0 Å². The summed E-state index contributed by atoms with van der Waals surface area (Å²) in [5, 5.41) is 3.05. The molecule has 0 aromatic heterocycles. The minimum absolute atomic E-state index is 0.318. The molecule has 0 fully saturated rings. The van der Waals surface area contributed by atoms with E-state index in [9.17, 15) is 8.78 Å². The van der Waals surface area contributed by atoms with E-state index in [0.29, 0.717) is 17.7 Å². The number of halogens is 2. The molecule has 0 radical (unpaired) electrons. The zero-order valence-electron chi connectivity index (χ0n) is 11.3. The van der Waals surface area contributed by atoms with Crippen molar-refractivity contribution in [2.24, 2.45) is 0 Å². The largest absolute Gasteiger partial charge is 0.316 e. The molecule has 0 amide bonds. The highest BCUT2D eigenvalue weighted by molar-refractivity contribution is 5.69. The quantitative estimate of drug-likeness (QED) is 0.881. The summed E-state index contributed by atoms with van der Waals surface area (Å²) in [6.45, 7) is 4.16. The molecule has 2 aromatic carbocycles. The standard InChI is InChI=1S/C16H17F2N/c1-10-4-6-12(9-19-3)8-14(10)13-7-5-11(2)15(17)16(13)18/h4-8,19H,9H2,1-3H3. The van der Waals surface area contributed by atoms with E-state index in [1.807, 2.05) is 32.2 Å². The molecule has 3 heteroatoms. The Morgan fingerprint density at radius 2 is 1.58 bits per heavy atom. The second-order valence-electron chi connectivity index (χ2n) is 4.74. The van der Waals surface area contributed by atoms with Crippen molar-refractivity contribution < 1.29 is 8.78 Å². The highest BCUT2D eigenvalue weighted by Gasteiger charge is 2.14. The summed E-state index contributed by atoms with van der Waals surface area (Å²) in [6, 6.07) is 9.06. The molecule has 2 aromatic rings. The van der Waals surface area contributed by atoms with Crippen molar-refractivity contribution in [3.8, 4) is 11.1 Å². The third-order valence-corrected chi connectivity index (χ3v) is 3.25. The second kappa shape index (κ2) is 5.49. The third kappa shape index (κ3) is 2.66. The molecule has 0 bridgehead atoms. The molecular formula is C16H17F2N. The van der Waals surface area contributed by atoms with Gasteiger partial charge in [-0.1, -0.05) is 24.3 Å². The van der Waals surface area contributed by atoms with Crippen LogP contribution >= 0.6 is 0 Å². The van der Waals surface area contributed by atoms with E-state index in [2.05, 4.69) is 5.32 Å². The maximum absolute atomic E-state index is 14.1. The second-order valence-corrected chi connectivity index (χ2v) is 4.74. The van der Waals surface area contributed by atoms with E-state index >= 15 is 0 Å². The first-order chi connectivity index (χ1) is 9.04. The van der Waals surface area contributed by atoms with Gasteiger partial charge in [-0.2, -0.15) is 0 Å². The maximum atomic E-state index is 14.1. The van der Waals surface area contributed by atoms with Crippen LogP contribution in [-0.4, -0.2) is 7.05 Å². The Hall–Kier alpha value is -1.74. The molecule has 0 spiro atoms. The first-order valence-corrected chi connectivity index (χ1v) is 6.23. The van der Waals surface area contributed by atoms with Gasteiger partial charge in [-0.25, -0.2) is 8.78 Å². The Kier molecular flexibility index (Phi) is 3.96. The molecule has 0 aliphatic carbocycles. The number of hydrogen-bond donors (Lipinski definition) is 1. The van der Waals surface area contributed by atoms with Gasteiger partial charge in [0, 0.05) is 12.1 Å². The van der Waals surface area contributed by atoms with Crippen LogP contribution in [-0.2, 0) is 6.54 Å². The fourth-order valence-corrected chi connectivity index (χ4v) is 2.13. The van der Waals surface area contributed by atoms with Crippen LogP contribution in [0.15, 0.2) is 30.3 Å². The lowest BCUT2D eigenvalue weighted by Gasteiger charge is -2.11. The smallest absolute Gasteiger partial charge is 0.166 e. The molecule has 0 atom stereocenters. The first kappa shape index (κ1) is 13.7. The van der Waals surface area contributed by atoms with Gasteiger partial charge < -0.3 is 5.32 Å². The van der Waals surface area contributed by atoms with Crippen molar-refractivity contribution in [3.05, 3.63) is 58.7 Å². The fraction of sp³-hybridized carbons (Fsp3) is 0.250.